The number of ether oxygens (including phenoxy) is 2. The zero-order valence-electron chi connectivity index (χ0n) is 24.3. The van der Waals surface area contributed by atoms with Crippen molar-refractivity contribution < 1.29 is 51.6 Å². The predicted octanol–water partition coefficient (Wildman–Crippen LogP) is 4.53. The lowest BCUT2D eigenvalue weighted by atomic mass is 9.87. The highest BCUT2D eigenvalue weighted by Gasteiger charge is 2.41. The highest BCUT2D eigenvalue weighted by atomic mass is 127. The van der Waals surface area contributed by atoms with E-state index in [2.05, 4.69) is 5.32 Å². The topological polar surface area (TPSA) is 125 Å². The zero-order valence-corrected chi connectivity index (χ0v) is 26.4. The molecule has 1 aliphatic carbocycles. The molecule has 4 rings (SSSR count). The van der Waals surface area contributed by atoms with Crippen LogP contribution in [0.25, 0.3) is 0 Å². The third-order valence-corrected chi connectivity index (χ3v) is 8.08. The summed E-state index contributed by atoms with van der Waals surface area (Å²) in [6.45, 7) is -0.881. The van der Waals surface area contributed by atoms with Crippen LogP contribution in [0.1, 0.15) is 38.3 Å². The quantitative estimate of drug-likeness (QED) is 0.149. The maximum Gasteiger partial charge on any atom is 0.416 e. The molecule has 46 heavy (non-hydrogen) atoms. The molecule has 0 aliphatic heterocycles. The first kappa shape index (κ1) is 34.8. The molecule has 0 spiro atoms. The van der Waals surface area contributed by atoms with Crippen LogP contribution >= 0.6 is 22.6 Å². The van der Waals surface area contributed by atoms with Gasteiger partial charge in [0, 0.05) is 41.8 Å². The third-order valence-electron chi connectivity index (χ3n) is 7.28. The molecule has 244 valence electrons. The SMILES string of the molecule is COc1cc(C=O)cc(I)c1OC1C=C(C(=O)NCCO)CC(N(Cc2ccccc2F)C(=O)c2ccc(C(F)(F)F)cc2)C1O. The molecular formula is C32H29F4IN2O7. The molecule has 3 aromatic rings. The lowest BCUT2D eigenvalue weighted by Gasteiger charge is -2.40. The number of amides is 2. The van der Waals surface area contributed by atoms with Gasteiger partial charge in [0.15, 0.2) is 11.5 Å². The largest absolute Gasteiger partial charge is 0.493 e. The van der Waals surface area contributed by atoms with Crippen LogP contribution in [0.4, 0.5) is 17.6 Å². The average Bonchev–Trinajstić information content (AvgIpc) is 3.04. The second-order valence-electron chi connectivity index (χ2n) is 10.3. The summed E-state index contributed by atoms with van der Waals surface area (Å²) in [5, 5.41) is 23.5. The fraction of sp³-hybridized carbons (Fsp3) is 0.281. The van der Waals surface area contributed by atoms with E-state index in [-0.39, 0.29) is 53.3 Å². The Labute approximate surface area is 274 Å². The van der Waals surface area contributed by atoms with E-state index in [1.807, 2.05) is 22.6 Å². The molecule has 3 aromatic carbocycles. The van der Waals surface area contributed by atoms with Gasteiger partial charge in [-0.25, -0.2) is 4.39 Å². The lowest BCUT2D eigenvalue weighted by molar-refractivity contribution is -0.137. The van der Waals surface area contributed by atoms with Crippen molar-refractivity contribution in [3.63, 3.8) is 0 Å². The van der Waals surface area contributed by atoms with Crippen molar-refractivity contribution in [2.45, 2.75) is 37.4 Å². The highest BCUT2D eigenvalue weighted by molar-refractivity contribution is 14.1. The Balaban J connectivity index is 1.80. The van der Waals surface area contributed by atoms with Gasteiger partial charge in [0.25, 0.3) is 5.91 Å². The molecule has 0 radical (unpaired) electrons. The third kappa shape index (κ3) is 8.03. The summed E-state index contributed by atoms with van der Waals surface area (Å²) in [5.41, 5.74) is -0.755. The number of nitrogens with zero attached hydrogens (tertiary/aromatic N) is 1. The second-order valence-corrected chi connectivity index (χ2v) is 11.4. The standard InChI is InChI=1S/C32H29F4IN2O7/c1-45-27-13-18(17-41)12-24(37)29(27)46-26-15-21(30(43)38-10-11-40)14-25(28(26)42)39(16-20-4-2-3-5-23(20)33)31(44)19-6-8-22(9-7-19)32(34,35)36/h2-9,12-13,15,17,25-26,28,40,42H,10-11,14,16H2,1H3,(H,38,43). The number of halogens is 5. The first-order chi connectivity index (χ1) is 21.9. The van der Waals surface area contributed by atoms with Gasteiger partial charge in [-0.15, -0.1) is 0 Å². The van der Waals surface area contributed by atoms with Gasteiger partial charge in [0.1, 0.15) is 24.3 Å². The highest BCUT2D eigenvalue weighted by Crippen LogP contribution is 2.37. The van der Waals surface area contributed by atoms with Crippen LogP contribution < -0.4 is 14.8 Å². The van der Waals surface area contributed by atoms with Gasteiger partial charge in [-0.3, -0.25) is 14.4 Å². The number of carbonyl (C=O) groups excluding carboxylic acids is 3. The summed E-state index contributed by atoms with van der Waals surface area (Å²) in [4.78, 5) is 39.6. The fourth-order valence-corrected chi connectivity index (χ4v) is 5.71. The Morgan fingerprint density at radius 3 is 2.43 bits per heavy atom. The van der Waals surface area contributed by atoms with Crippen molar-refractivity contribution in [3.05, 3.63) is 104 Å². The Bertz CT molecular complexity index is 1610. The number of aliphatic hydroxyl groups excluding tert-OH is 2. The smallest absolute Gasteiger partial charge is 0.416 e. The Morgan fingerprint density at radius 2 is 1.83 bits per heavy atom. The van der Waals surface area contributed by atoms with Crippen LogP contribution in [0.5, 0.6) is 11.5 Å². The van der Waals surface area contributed by atoms with Crippen molar-refractivity contribution in [2.75, 3.05) is 20.3 Å². The van der Waals surface area contributed by atoms with Crippen LogP contribution in [0, 0.1) is 9.39 Å². The van der Waals surface area contributed by atoms with Crippen LogP contribution in [0.15, 0.2) is 72.3 Å². The molecule has 9 nitrogen and oxygen atoms in total. The van der Waals surface area contributed by atoms with Gasteiger partial charge in [-0.05, 0) is 71.1 Å². The molecule has 0 saturated heterocycles. The number of aldehydes is 1. The van der Waals surface area contributed by atoms with Crippen molar-refractivity contribution in [3.8, 4) is 11.5 Å². The lowest BCUT2D eigenvalue weighted by Crippen LogP contribution is -2.55. The normalized spacial score (nSPS) is 17.9. The molecule has 0 heterocycles. The van der Waals surface area contributed by atoms with E-state index in [1.54, 1.807) is 0 Å². The summed E-state index contributed by atoms with van der Waals surface area (Å²) in [6, 6.07) is 10.7. The number of methoxy groups -OCH3 is 1. The minimum Gasteiger partial charge on any atom is -0.493 e. The second kappa shape index (κ2) is 15.0. The fourth-order valence-electron chi connectivity index (χ4n) is 4.96. The summed E-state index contributed by atoms with van der Waals surface area (Å²) in [5.74, 6) is -1.87. The van der Waals surface area contributed by atoms with Gasteiger partial charge >= 0.3 is 6.18 Å². The maximum atomic E-state index is 14.9. The number of carbonyl (C=O) groups is 3. The van der Waals surface area contributed by atoms with E-state index < -0.39 is 54.2 Å². The van der Waals surface area contributed by atoms with E-state index in [0.717, 1.165) is 29.2 Å². The first-order valence-corrected chi connectivity index (χ1v) is 14.9. The van der Waals surface area contributed by atoms with E-state index in [0.29, 0.717) is 9.86 Å². The summed E-state index contributed by atoms with van der Waals surface area (Å²) in [6.07, 6.45) is -5.80. The number of alkyl halides is 3. The number of aliphatic hydroxyl groups is 2. The minimum absolute atomic E-state index is 0.0499. The van der Waals surface area contributed by atoms with Crippen LogP contribution in [-0.2, 0) is 17.5 Å². The van der Waals surface area contributed by atoms with Crippen molar-refractivity contribution in [1.82, 2.24) is 10.2 Å². The number of nitrogens with one attached hydrogen (secondary N) is 1. The van der Waals surface area contributed by atoms with Gasteiger partial charge < -0.3 is 29.9 Å². The summed E-state index contributed by atoms with van der Waals surface area (Å²) < 4.78 is 66.6. The molecule has 14 heteroatoms. The average molecular weight is 756 g/mol. The van der Waals surface area contributed by atoms with E-state index in [9.17, 15) is 42.2 Å². The van der Waals surface area contributed by atoms with Gasteiger partial charge in [0.2, 0.25) is 5.91 Å². The Kier molecular flexibility index (Phi) is 11.4. The van der Waals surface area contributed by atoms with Crippen LogP contribution in [0.2, 0.25) is 0 Å². The van der Waals surface area contributed by atoms with Crippen molar-refractivity contribution >= 4 is 40.7 Å². The molecule has 0 fully saturated rings. The monoisotopic (exact) mass is 756 g/mol. The van der Waals surface area contributed by atoms with E-state index in [4.69, 9.17) is 9.47 Å². The van der Waals surface area contributed by atoms with Crippen LogP contribution in [-0.4, -0.2) is 71.7 Å². The molecular weight excluding hydrogens is 727 g/mol. The molecule has 1 aliphatic rings. The predicted molar refractivity (Wildman–Crippen MR) is 166 cm³/mol. The number of rotatable bonds is 11. The van der Waals surface area contributed by atoms with Crippen LogP contribution in [0.3, 0.4) is 0 Å². The summed E-state index contributed by atoms with van der Waals surface area (Å²) >= 11 is 1.90. The first-order valence-electron chi connectivity index (χ1n) is 13.9. The Hall–Kier alpha value is -4.02. The summed E-state index contributed by atoms with van der Waals surface area (Å²) in [7, 11) is 1.34. The number of hydrogen-bond acceptors (Lipinski definition) is 7. The van der Waals surface area contributed by atoms with E-state index >= 15 is 0 Å². The molecule has 0 aromatic heterocycles. The Morgan fingerprint density at radius 1 is 1.13 bits per heavy atom. The number of hydrogen-bond donors (Lipinski definition) is 3. The molecule has 3 atom stereocenters. The molecule has 3 N–H and O–H groups in total. The molecule has 3 unspecified atom stereocenters. The molecule has 0 bridgehead atoms. The van der Waals surface area contributed by atoms with E-state index in [1.165, 1.54) is 49.6 Å². The van der Waals surface area contributed by atoms with Crippen molar-refractivity contribution in [1.29, 1.82) is 0 Å². The van der Waals surface area contributed by atoms with Gasteiger partial charge in [-0.1, -0.05) is 18.2 Å². The van der Waals surface area contributed by atoms with Crippen molar-refractivity contribution in [2.24, 2.45) is 0 Å². The number of benzene rings is 3. The minimum atomic E-state index is -4.65. The maximum absolute atomic E-state index is 14.9. The molecule has 0 saturated carbocycles. The van der Waals surface area contributed by atoms with Gasteiger partial charge in [-0.2, -0.15) is 13.2 Å². The molecule has 2 amide bonds. The zero-order chi connectivity index (χ0) is 33.6. The van der Waals surface area contributed by atoms with Gasteiger partial charge in [0.05, 0.1) is 28.9 Å².